The van der Waals surface area contributed by atoms with E-state index < -0.39 is 0 Å². The van der Waals surface area contributed by atoms with Gasteiger partial charge in [-0.3, -0.25) is 4.99 Å². The van der Waals surface area contributed by atoms with Gasteiger partial charge in [0.15, 0.2) is 5.96 Å². The highest BCUT2D eigenvalue weighted by Gasteiger charge is 2.15. The Labute approximate surface area is 151 Å². The molecule has 1 heterocycles. The molecule has 0 radical (unpaired) electrons. The van der Waals surface area contributed by atoms with Gasteiger partial charge >= 0.3 is 0 Å². The molecule has 1 fully saturated rings. The molecule has 0 aromatic heterocycles. The van der Waals surface area contributed by atoms with Gasteiger partial charge < -0.3 is 24.8 Å². The van der Waals surface area contributed by atoms with Gasteiger partial charge in [-0.15, -0.1) is 0 Å². The molecule has 25 heavy (non-hydrogen) atoms. The number of rotatable bonds is 9. The molecule has 0 amide bonds. The quantitative estimate of drug-likeness (QED) is 0.406. The molecule has 1 aromatic carbocycles. The SMILES string of the molecule is CN=C(NCCCOC1CCOC1)NCCOc1cc(C)cc(C)c1. The van der Waals surface area contributed by atoms with E-state index in [0.717, 1.165) is 50.9 Å². The zero-order chi connectivity index (χ0) is 17.9. The number of hydrogen-bond acceptors (Lipinski definition) is 4. The van der Waals surface area contributed by atoms with Crippen LogP contribution in [0.2, 0.25) is 0 Å². The standard InChI is InChI=1S/C19H31N3O3/c1-15-11-16(2)13-18(12-15)25-10-7-22-19(20-3)21-6-4-8-24-17-5-9-23-14-17/h11-13,17H,4-10,14H2,1-3H3,(H2,20,21,22). The van der Waals surface area contributed by atoms with Crippen molar-refractivity contribution < 1.29 is 14.2 Å². The molecule has 6 heteroatoms. The average Bonchev–Trinajstić information content (AvgIpc) is 3.09. The second-order valence-electron chi connectivity index (χ2n) is 6.31. The van der Waals surface area contributed by atoms with Gasteiger partial charge in [-0.1, -0.05) is 6.07 Å². The van der Waals surface area contributed by atoms with Crippen molar-refractivity contribution >= 4 is 5.96 Å². The lowest BCUT2D eigenvalue weighted by atomic mass is 10.1. The first kappa shape index (κ1) is 19.5. The van der Waals surface area contributed by atoms with E-state index >= 15 is 0 Å². The first-order chi connectivity index (χ1) is 12.2. The largest absolute Gasteiger partial charge is 0.492 e. The Morgan fingerprint density at radius 3 is 2.60 bits per heavy atom. The summed E-state index contributed by atoms with van der Waals surface area (Å²) in [5, 5.41) is 6.54. The molecule has 1 unspecified atom stereocenters. The Hall–Kier alpha value is -1.79. The van der Waals surface area contributed by atoms with Crippen molar-refractivity contribution in [2.24, 2.45) is 4.99 Å². The van der Waals surface area contributed by atoms with Crippen LogP contribution in [0.15, 0.2) is 23.2 Å². The number of benzene rings is 1. The van der Waals surface area contributed by atoms with Crippen molar-refractivity contribution in [3.05, 3.63) is 29.3 Å². The lowest BCUT2D eigenvalue weighted by molar-refractivity contribution is 0.0420. The fraction of sp³-hybridized carbons (Fsp3) is 0.632. The van der Waals surface area contributed by atoms with Gasteiger partial charge in [0.25, 0.3) is 0 Å². The average molecular weight is 349 g/mol. The van der Waals surface area contributed by atoms with Crippen LogP contribution in [0.5, 0.6) is 5.75 Å². The maximum atomic E-state index is 5.79. The number of ether oxygens (including phenoxy) is 3. The molecule has 0 aliphatic carbocycles. The molecule has 1 saturated heterocycles. The lowest BCUT2D eigenvalue weighted by Gasteiger charge is -2.14. The van der Waals surface area contributed by atoms with E-state index in [-0.39, 0.29) is 6.10 Å². The minimum atomic E-state index is 0.278. The third kappa shape index (κ3) is 7.75. The van der Waals surface area contributed by atoms with Crippen molar-refractivity contribution in [1.29, 1.82) is 0 Å². The molecule has 0 spiro atoms. The predicted molar refractivity (Wildman–Crippen MR) is 101 cm³/mol. The van der Waals surface area contributed by atoms with Gasteiger partial charge in [0.1, 0.15) is 12.4 Å². The molecule has 0 bridgehead atoms. The van der Waals surface area contributed by atoms with Crippen LogP contribution in [0.3, 0.4) is 0 Å². The molecule has 1 aromatic rings. The summed E-state index contributed by atoms with van der Waals surface area (Å²) in [6.45, 7) is 8.57. The summed E-state index contributed by atoms with van der Waals surface area (Å²) in [5.41, 5.74) is 2.43. The summed E-state index contributed by atoms with van der Waals surface area (Å²) >= 11 is 0. The molecule has 1 aliphatic heterocycles. The second kappa shape index (κ2) is 10.9. The molecule has 1 aliphatic rings. The van der Waals surface area contributed by atoms with Crippen LogP contribution in [0.1, 0.15) is 24.0 Å². The van der Waals surface area contributed by atoms with Crippen LogP contribution in [-0.4, -0.2) is 58.6 Å². The van der Waals surface area contributed by atoms with Crippen LogP contribution in [0.25, 0.3) is 0 Å². The Balaban J connectivity index is 1.53. The van der Waals surface area contributed by atoms with E-state index in [1.54, 1.807) is 7.05 Å². The zero-order valence-electron chi connectivity index (χ0n) is 15.6. The summed E-state index contributed by atoms with van der Waals surface area (Å²) in [4.78, 5) is 4.21. The first-order valence-electron chi connectivity index (χ1n) is 9.02. The van der Waals surface area contributed by atoms with E-state index in [1.165, 1.54) is 11.1 Å². The third-order valence-corrected chi connectivity index (χ3v) is 3.94. The summed E-state index contributed by atoms with van der Waals surface area (Å²) in [6, 6.07) is 6.24. The van der Waals surface area contributed by atoms with Crippen LogP contribution in [-0.2, 0) is 9.47 Å². The van der Waals surface area contributed by atoms with Gasteiger partial charge in [-0.05, 0) is 49.9 Å². The topological polar surface area (TPSA) is 64.1 Å². The van der Waals surface area contributed by atoms with E-state index in [4.69, 9.17) is 14.2 Å². The van der Waals surface area contributed by atoms with E-state index in [1.807, 2.05) is 0 Å². The number of nitrogens with one attached hydrogen (secondary N) is 2. The lowest BCUT2D eigenvalue weighted by Crippen LogP contribution is -2.40. The molecule has 2 rings (SSSR count). The van der Waals surface area contributed by atoms with Gasteiger partial charge in [0, 0.05) is 26.8 Å². The van der Waals surface area contributed by atoms with Crippen LogP contribution in [0.4, 0.5) is 0 Å². The summed E-state index contributed by atoms with van der Waals surface area (Å²) in [5.74, 6) is 1.70. The molecule has 140 valence electrons. The maximum Gasteiger partial charge on any atom is 0.191 e. The van der Waals surface area contributed by atoms with Crippen molar-refractivity contribution in [3.8, 4) is 5.75 Å². The highest BCUT2D eigenvalue weighted by Crippen LogP contribution is 2.15. The van der Waals surface area contributed by atoms with Crippen LogP contribution < -0.4 is 15.4 Å². The fourth-order valence-corrected chi connectivity index (χ4v) is 2.75. The predicted octanol–water partition coefficient (Wildman–Crippen LogP) is 2.04. The Morgan fingerprint density at radius 2 is 1.92 bits per heavy atom. The molecule has 1 atom stereocenters. The van der Waals surface area contributed by atoms with Crippen molar-refractivity contribution in [2.75, 3.05) is 46.6 Å². The van der Waals surface area contributed by atoms with Gasteiger partial charge in [-0.25, -0.2) is 0 Å². The number of aliphatic imine (C=N–C) groups is 1. The molecular weight excluding hydrogens is 318 g/mol. The number of hydrogen-bond donors (Lipinski definition) is 2. The number of guanidine groups is 1. The van der Waals surface area contributed by atoms with Gasteiger partial charge in [-0.2, -0.15) is 0 Å². The molecule has 2 N–H and O–H groups in total. The van der Waals surface area contributed by atoms with Crippen molar-refractivity contribution in [2.45, 2.75) is 32.8 Å². The normalized spacial score (nSPS) is 17.6. The van der Waals surface area contributed by atoms with Crippen LogP contribution >= 0.6 is 0 Å². The molecular formula is C19H31N3O3. The Bertz CT molecular complexity index is 522. The summed E-state index contributed by atoms with van der Waals surface area (Å²) in [6.07, 6.45) is 2.23. The monoisotopic (exact) mass is 349 g/mol. The van der Waals surface area contributed by atoms with E-state index in [9.17, 15) is 0 Å². The number of nitrogens with zero attached hydrogens (tertiary/aromatic N) is 1. The zero-order valence-corrected chi connectivity index (χ0v) is 15.6. The van der Waals surface area contributed by atoms with E-state index in [2.05, 4.69) is 47.7 Å². The van der Waals surface area contributed by atoms with E-state index in [0.29, 0.717) is 13.2 Å². The Morgan fingerprint density at radius 1 is 1.16 bits per heavy atom. The molecule has 6 nitrogen and oxygen atoms in total. The number of aryl methyl sites for hydroxylation is 2. The summed E-state index contributed by atoms with van der Waals surface area (Å²) in [7, 11) is 1.77. The van der Waals surface area contributed by atoms with Gasteiger partial charge in [0.05, 0.1) is 19.3 Å². The summed E-state index contributed by atoms with van der Waals surface area (Å²) < 4.78 is 16.8. The minimum absolute atomic E-state index is 0.278. The molecule has 0 saturated carbocycles. The van der Waals surface area contributed by atoms with Crippen molar-refractivity contribution in [1.82, 2.24) is 10.6 Å². The fourth-order valence-electron chi connectivity index (χ4n) is 2.75. The smallest absolute Gasteiger partial charge is 0.191 e. The van der Waals surface area contributed by atoms with Gasteiger partial charge in [0.2, 0.25) is 0 Å². The third-order valence-electron chi connectivity index (χ3n) is 3.94. The second-order valence-corrected chi connectivity index (χ2v) is 6.31. The highest BCUT2D eigenvalue weighted by atomic mass is 16.5. The van der Waals surface area contributed by atoms with Crippen LogP contribution in [0, 0.1) is 13.8 Å². The minimum Gasteiger partial charge on any atom is -0.492 e. The maximum absolute atomic E-state index is 5.79. The first-order valence-corrected chi connectivity index (χ1v) is 9.02. The highest BCUT2D eigenvalue weighted by molar-refractivity contribution is 5.79. The Kier molecular flexibility index (Phi) is 8.55. The van der Waals surface area contributed by atoms with Crippen molar-refractivity contribution in [3.63, 3.8) is 0 Å².